The molecule has 4 heteroatoms. The van der Waals surface area contributed by atoms with Gasteiger partial charge >= 0.3 is 0 Å². The van der Waals surface area contributed by atoms with E-state index in [1.807, 2.05) is 0 Å². The molecule has 0 spiro atoms. The molecule has 3 nitrogen and oxygen atoms in total. The van der Waals surface area contributed by atoms with E-state index in [-0.39, 0.29) is 5.41 Å². The topological polar surface area (TPSA) is 30.7 Å². The summed E-state index contributed by atoms with van der Waals surface area (Å²) in [4.78, 5) is 0. The maximum Gasteiger partial charge on any atom is 0.143 e. The van der Waals surface area contributed by atoms with E-state index < -0.39 is 0 Å². The molecule has 0 atom stereocenters. The van der Waals surface area contributed by atoms with Crippen LogP contribution >= 0.6 is 15.9 Å². The first-order valence-corrected chi connectivity index (χ1v) is 6.90. The van der Waals surface area contributed by atoms with Crippen LogP contribution in [-0.4, -0.2) is 14.8 Å². The number of benzene rings is 1. The van der Waals surface area contributed by atoms with Crippen LogP contribution < -0.4 is 0 Å². The highest BCUT2D eigenvalue weighted by molar-refractivity contribution is 9.08. The molecule has 1 fully saturated rings. The second-order valence-corrected chi connectivity index (χ2v) is 5.14. The van der Waals surface area contributed by atoms with Crippen LogP contribution in [-0.2, 0) is 17.8 Å². The van der Waals surface area contributed by atoms with Crippen molar-refractivity contribution in [2.75, 3.05) is 0 Å². The van der Waals surface area contributed by atoms with Gasteiger partial charge in [0.15, 0.2) is 0 Å². The van der Waals surface area contributed by atoms with Crippen LogP contribution in [0.5, 0.6) is 0 Å². The van der Waals surface area contributed by atoms with Crippen molar-refractivity contribution in [1.29, 1.82) is 0 Å². The first-order valence-electron chi connectivity index (χ1n) is 5.78. The van der Waals surface area contributed by atoms with Gasteiger partial charge in [-0.3, -0.25) is 0 Å². The zero-order chi connectivity index (χ0) is 11.9. The van der Waals surface area contributed by atoms with Crippen molar-refractivity contribution in [3.05, 3.63) is 47.5 Å². The summed E-state index contributed by atoms with van der Waals surface area (Å²) in [5, 5.41) is 9.36. The normalized spacial score (nSPS) is 17.1. The molecule has 0 amide bonds. The molecule has 1 aromatic carbocycles. The summed E-state index contributed by atoms with van der Waals surface area (Å²) in [6.45, 7) is 0. The number of aromatic nitrogens is 3. The van der Waals surface area contributed by atoms with Crippen LogP contribution in [0, 0.1) is 0 Å². The van der Waals surface area contributed by atoms with Gasteiger partial charge in [-0.25, -0.2) is 0 Å². The van der Waals surface area contributed by atoms with Gasteiger partial charge < -0.3 is 4.57 Å². The predicted molar refractivity (Wildman–Crippen MR) is 70.1 cm³/mol. The summed E-state index contributed by atoms with van der Waals surface area (Å²) < 4.78 is 2.12. The first-order chi connectivity index (χ1) is 8.28. The average molecular weight is 292 g/mol. The summed E-state index contributed by atoms with van der Waals surface area (Å²) in [7, 11) is 2.05. The lowest BCUT2D eigenvalue weighted by Gasteiger charge is -2.14. The average Bonchev–Trinajstić information content (AvgIpc) is 3.09. The first kappa shape index (κ1) is 11.0. The lowest BCUT2D eigenvalue weighted by molar-refractivity contribution is 0.683. The maximum absolute atomic E-state index is 4.38. The van der Waals surface area contributed by atoms with Crippen LogP contribution in [0.1, 0.15) is 30.1 Å². The van der Waals surface area contributed by atoms with E-state index in [4.69, 9.17) is 0 Å². The van der Waals surface area contributed by atoms with E-state index in [0.717, 1.165) is 17.0 Å². The molecular weight excluding hydrogens is 278 g/mol. The minimum Gasteiger partial charge on any atom is -0.317 e. The Balaban J connectivity index is 2.07. The number of alkyl halides is 1. The number of halogens is 1. The highest BCUT2D eigenvalue weighted by Gasteiger charge is 2.49. The third-order valence-electron chi connectivity index (χ3n) is 3.59. The Kier molecular flexibility index (Phi) is 2.54. The van der Waals surface area contributed by atoms with E-state index in [1.54, 1.807) is 0 Å². The standard InChI is InChI=1S/C13H14BrN3/c1-17-11(9-14)15-16-12(17)13(7-8-13)10-5-3-2-4-6-10/h2-6H,7-9H2,1H3. The Bertz CT molecular complexity index is 529. The van der Waals surface area contributed by atoms with Crippen molar-refractivity contribution in [1.82, 2.24) is 14.8 Å². The van der Waals surface area contributed by atoms with Crippen molar-refractivity contribution >= 4 is 15.9 Å². The Morgan fingerprint density at radius 2 is 1.94 bits per heavy atom. The molecule has 1 aliphatic rings. The molecule has 0 saturated heterocycles. The fourth-order valence-electron chi connectivity index (χ4n) is 2.42. The van der Waals surface area contributed by atoms with E-state index in [9.17, 15) is 0 Å². The number of rotatable bonds is 3. The summed E-state index contributed by atoms with van der Waals surface area (Å²) in [6, 6.07) is 10.6. The van der Waals surface area contributed by atoms with Crippen LogP contribution in [0.4, 0.5) is 0 Å². The minimum atomic E-state index is 0.115. The summed E-state index contributed by atoms with van der Waals surface area (Å²) in [5.41, 5.74) is 1.47. The molecule has 0 aliphatic heterocycles. The van der Waals surface area contributed by atoms with Crippen LogP contribution in [0.25, 0.3) is 0 Å². The minimum absolute atomic E-state index is 0.115. The molecule has 0 radical (unpaired) electrons. The van der Waals surface area contributed by atoms with Gasteiger partial charge in [0.25, 0.3) is 0 Å². The Morgan fingerprint density at radius 1 is 1.24 bits per heavy atom. The molecular formula is C13H14BrN3. The van der Waals surface area contributed by atoms with Gasteiger partial charge in [0.05, 0.1) is 10.7 Å². The van der Waals surface area contributed by atoms with Gasteiger partial charge in [0.2, 0.25) is 0 Å². The van der Waals surface area contributed by atoms with Gasteiger partial charge in [-0.2, -0.15) is 0 Å². The smallest absolute Gasteiger partial charge is 0.143 e. The largest absolute Gasteiger partial charge is 0.317 e. The zero-order valence-electron chi connectivity index (χ0n) is 9.73. The SMILES string of the molecule is Cn1c(CBr)nnc1C1(c2ccccc2)CC1. The number of hydrogen-bond donors (Lipinski definition) is 0. The summed E-state index contributed by atoms with van der Waals surface area (Å²) in [5.74, 6) is 2.08. The van der Waals surface area contributed by atoms with Crippen LogP contribution in [0.15, 0.2) is 30.3 Å². The highest BCUT2D eigenvalue weighted by Crippen LogP contribution is 2.52. The van der Waals surface area contributed by atoms with Gasteiger partial charge in [0.1, 0.15) is 11.6 Å². The Morgan fingerprint density at radius 3 is 2.47 bits per heavy atom. The van der Waals surface area contributed by atoms with Crippen molar-refractivity contribution in [3.63, 3.8) is 0 Å². The monoisotopic (exact) mass is 291 g/mol. The van der Waals surface area contributed by atoms with Gasteiger partial charge in [-0.15, -0.1) is 10.2 Å². The van der Waals surface area contributed by atoms with Crippen molar-refractivity contribution in [3.8, 4) is 0 Å². The van der Waals surface area contributed by atoms with Crippen LogP contribution in [0.3, 0.4) is 0 Å². The van der Waals surface area contributed by atoms with Gasteiger partial charge in [-0.1, -0.05) is 46.3 Å². The van der Waals surface area contributed by atoms with E-state index in [1.165, 1.54) is 18.4 Å². The van der Waals surface area contributed by atoms with E-state index in [0.29, 0.717) is 0 Å². The number of hydrogen-bond acceptors (Lipinski definition) is 2. The molecule has 1 heterocycles. The van der Waals surface area contributed by atoms with Gasteiger partial charge in [-0.05, 0) is 18.4 Å². The van der Waals surface area contributed by atoms with E-state index >= 15 is 0 Å². The lowest BCUT2D eigenvalue weighted by atomic mass is 9.95. The van der Waals surface area contributed by atoms with E-state index in [2.05, 4.69) is 68.1 Å². The third-order valence-corrected chi connectivity index (χ3v) is 4.09. The van der Waals surface area contributed by atoms with Crippen molar-refractivity contribution in [2.24, 2.45) is 7.05 Å². The second-order valence-electron chi connectivity index (χ2n) is 4.58. The summed E-state index contributed by atoms with van der Waals surface area (Å²) in [6.07, 6.45) is 2.34. The van der Waals surface area contributed by atoms with Crippen molar-refractivity contribution < 1.29 is 0 Å². The molecule has 17 heavy (non-hydrogen) atoms. The Labute approximate surface area is 109 Å². The van der Waals surface area contributed by atoms with Crippen LogP contribution in [0.2, 0.25) is 0 Å². The molecule has 1 aromatic heterocycles. The Hall–Kier alpha value is -1.16. The quantitative estimate of drug-likeness (QED) is 0.814. The number of nitrogens with zero attached hydrogens (tertiary/aromatic N) is 3. The second kappa shape index (κ2) is 3.95. The molecule has 1 saturated carbocycles. The molecule has 3 rings (SSSR count). The maximum atomic E-state index is 4.38. The van der Waals surface area contributed by atoms with Gasteiger partial charge in [0, 0.05) is 7.05 Å². The molecule has 0 bridgehead atoms. The van der Waals surface area contributed by atoms with Crippen molar-refractivity contribution in [2.45, 2.75) is 23.6 Å². The predicted octanol–water partition coefficient (Wildman–Crippen LogP) is 2.79. The molecule has 1 aliphatic carbocycles. The molecule has 0 N–H and O–H groups in total. The third kappa shape index (κ3) is 1.62. The summed E-state index contributed by atoms with van der Waals surface area (Å²) >= 11 is 3.44. The molecule has 88 valence electrons. The zero-order valence-corrected chi connectivity index (χ0v) is 11.3. The fraction of sp³-hybridized carbons (Fsp3) is 0.385. The highest BCUT2D eigenvalue weighted by atomic mass is 79.9. The fourth-order valence-corrected chi connectivity index (χ4v) is 2.91. The lowest BCUT2D eigenvalue weighted by Crippen LogP contribution is -2.15. The molecule has 2 aromatic rings. The molecule has 0 unspecified atom stereocenters.